The van der Waals surface area contributed by atoms with Crippen LogP contribution >= 0.6 is 11.3 Å². The average molecular weight is 298 g/mol. The van der Waals surface area contributed by atoms with Gasteiger partial charge in [0.05, 0.1) is 6.61 Å². The number of rotatable bonds is 8. The van der Waals surface area contributed by atoms with Crippen LogP contribution in [0.25, 0.3) is 0 Å². The first-order valence-corrected chi connectivity index (χ1v) is 8.31. The molecular weight excluding hydrogens is 272 g/mol. The lowest BCUT2D eigenvalue weighted by Crippen LogP contribution is -2.54. The lowest BCUT2D eigenvalue weighted by Gasteiger charge is -2.39. The molecule has 2 heterocycles. The van der Waals surface area contributed by atoms with Gasteiger partial charge in [-0.25, -0.2) is 4.98 Å². The molecule has 1 unspecified atom stereocenters. The van der Waals surface area contributed by atoms with Gasteiger partial charge in [-0.1, -0.05) is 6.92 Å². The van der Waals surface area contributed by atoms with Crippen LogP contribution in [0.4, 0.5) is 5.13 Å². The van der Waals surface area contributed by atoms with Gasteiger partial charge < -0.3 is 15.0 Å². The smallest absolute Gasteiger partial charge is 0.185 e. The van der Waals surface area contributed by atoms with Crippen LogP contribution in [0.2, 0.25) is 0 Å². The Kier molecular flexibility index (Phi) is 6.72. The Labute approximate surface area is 125 Å². The van der Waals surface area contributed by atoms with Gasteiger partial charge in [-0.05, 0) is 13.0 Å². The van der Waals surface area contributed by atoms with Gasteiger partial charge >= 0.3 is 0 Å². The SMILES string of the molecule is CCCNCC(COC)N1CCN(c2nccs2)CC1. The summed E-state index contributed by atoms with van der Waals surface area (Å²) in [6, 6.07) is 0.477. The highest BCUT2D eigenvalue weighted by Gasteiger charge is 2.24. The fraction of sp³-hybridized carbons (Fsp3) is 0.786. The number of nitrogens with one attached hydrogen (secondary N) is 1. The fourth-order valence-corrected chi connectivity index (χ4v) is 3.28. The Morgan fingerprint density at radius 1 is 1.40 bits per heavy atom. The Morgan fingerprint density at radius 2 is 2.20 bits per heavy atom. The van der Waals surface area contributed by atoms with Crippen LogP contribution in [0.1, 0.15) is 13.3 Å². The van der Waals surface area contributed by atoms with Crippen molar-refractivity contribution in [3.8, 4) is 0 Å². The molecule has 5 nitrogen and oxygen atoms in total. The van der Waals surface area contributed by atoms with Crippen LogP contribution in [0.15, 0.2) is 11.6 Å². The fourth-order valence-electron chi connectivity index (χ4n) is 2.58. The molecule has 114 valence electrons. The van der Waals surface area contributed by atoms with Gasteiger partial charge in [0, 0.05) is 57.5 Å². The second-order valence-corrected chi connectivity index (χ2v) is 6.02. The van der Waals surface area contributed by atoms with Crippen LogP contribution in [0.5, 0.6) is 0 Å². The molecule has 2 rings (SSSR count). The van der Waals surface area contributed by atoms with Crippen LogP contribution in [0.3, 0.4) is 0 Å². The van der Waals surface area contributed by atoms with Crippen molar-refractivity contribution in [2.75, 3.05) is 57.9 Å². The number of nitrogens with zero attached hydrogens (tertiary/aromatic N) is 3. The maximum atomic E-state index is 5.38. The first-order valence-electron chi connectivity index (χ1n) is 7.43. The topological polar surface area (TPSA) is 40.6 Å². The molecule has 1 N–H and O–H groups in total. The molecule has 1 atom stereocenters. The second kappa shape index (κ2) is 8.56. The third kappa shape index (κ3) is 4.41. The number of piperazine rings is 1. The molecule has 1 aliphatic heterocycles. The normalized spacial score (nSPS) is 18.4. The van der Waals surface area contributed by atoms with Gasteiger partial charge in [-0.2, -0.15) is 0 Å². The maximum Gasteiger partial charge on any atom is 0.185 e. The predicted octanol–water partition coefficient (Wildman–Crippen LogP) is 1.28. The molecule has 0 bridgehead atoms. The van der Waals surface area contributed by atoms with E-state index in [4.69, 9.17) is 4.74 Å². The lowest BCUT2D eigenvalue weighted by atomic mass is 10.2. The summed E-state index contributed by atoms with van der Waals surface area (Å²) >= 11 is 1.73. The standard InChI is InChI=1S/C14H26N4OS/c1-3-4-15-11-13(12-19-2)17-6-8-18(9-7-17)14-16-5-10-20-14/h5,10,13,15H,3-4,6-9,11-12H2,1-2H3. The van der Waals surface area contributed by atoms with E-state index in [0.29, 0.717) is 6.04 Å². The molecule has 1 fully saturated rings. The van der Waals surface area contributed by atoms with E-state index in [-0.39, 0.29) is 0 Å². The van der Waals surface area contributed by atoms with Gasteiger partial charge in [0.2, 0.25) is 0 Å². The molecule has 20 heavy (non-hydrogen) atoms. The number of ether oxygens (including phenoxy) is 1. The maximum absolute atomic E-state index is 5.38. The van der Waals surface area contributed by atoms with Gasteiger partial charge in [-0.15, -0.1) is 11.3 Å². The minimum absolute atomic E-state index is 0.477. The number of anilines is 1. The van der Waals surface area contributed by atoms with Gasteiger partial charge in [0.25, 0.3) is 0 Å². The summed E-state index contributed by atoms with van der Waals surface area (Å²) in [7, 11) is 1.79. The molecule has 6 heteroatoms. The summed E-state index contributed by atoms with van der Waals surface area (Å²) < 4.78 is 5.38. The lowest BCUT2D eigenvalue weighted by molar-refractivity contribution is 0.0852. The summed E-state index contributed by atoms with van der Waals surface area (Å²) in [5.41, 5.74) is 0. The predicted molar refractivity (Wildman–Crippen MR) is 84.7 cm³/mol. The van der Waals surface area contributed by atoms with Gasteiger partial charge in [0.15, 0.2) is 5.13 Å². The second-order valence-electron chi connectivity index (χ2n) is 5.15. The third-order valence-electron chi connectivity index (χ3n) is 3.69. The summed E-state index contributed by atoms with van der Waals surface area (Å²) in [6.45, 7) is 9.38. The largest absolute Gasteiger partial charge is 0.383 e. The number of aromatic nitrogens is 1. The van der Waals surface area contributed by atoms with Crippen LogP contribution < -0.4 is 10.2 Å². The highest BCUT2D eigenvalue weighted by atomic mass is 32.1. The van der Waals surface area contributed by atoms with E-state index in [1.807, 2.05) is 11.6 Å². The number of hydrogen-bond acceptors (Lipinski definition) is 6. The Bertz CT molecular complexity index is 352. The Hall–Kier alpha value is -0.690. The Balaban J connectivity index is 1.80. The van der Waals surface area contributed by atoms with Crippen molar-refractivity contribution in [2.45, 2.75) is 19.4 Å². The summed E-state index contributed by atoms with van der Waals surface area (Å²) in [5, 5.41) is 6.71. The molecule has 0 radical (unpaired) electrons. The molecule has 0 saturated carbocycles. The van der Waals surface area contributed by atoms with Crippen LogP contribution in [-0.2, 0) is 4.74 Å². The van der Waals surface area contributed by atoms with Crippen molar-refractivity contribution in [1.29, 1.82) is 0 Å². The van der Waals surface area contributed by atoms with Crippen LogP contribution in [-0.4, -0.2) is 68.9 Å². The number of hydrogen-bond donors (Lipinski definition) is 1. The monoisotopic (exact) mass is 298 g/mol. The van der Waals surface area contributed by atoms with E-state index < -0.39 is 0 Å². The zero-order valence-corrected chi connectivity index (χ0v) is 13.4. The van der Waals surface area contributed by atoms with E-state index in [0.717, 1.165) is 51.0 Å². The van der Waals surface area contributed by atoms with Crippen LogP contribution in [0, 0.1) is 0 Å². The van der Waals surface area contributed by atoms with E-state index in [1.54, 1.807) is 18.4 Å². The summed E-state index contributed by atoms with van der Waals surface area (Å²) in [6.07, 6.45) is 3.06. The minimum atomic E-state index is 0.477. The molecule has 1 aromatic heterocycles. The van der Waals surface area contributed by atoms with Crippen molar-refractivity contribution in [1.82, 2.24) is 15.2 Å². The summed E-state index contributed by atoms with van der Waals surface area (Å²) in [5.74, 6) is 0. The first-order chi connectivity index (χ1) is 9.85. The molecule has 1 saturated heterocycles. The van der Waals surface area contributed by atoms with Crippen molar-refractivity contribution < 1.29 is 4.74 Å². The van der Waals surface area contributed by atoms with Crippen molar-refractivity contribution in [3.05, 3.63) is 11.6 Å². The molecule has 1 aromatic rings. The van der Waals surface area contributed by atoms with E-state index in [9.17, 15) is 0 Å². The molecule has 0 aliphatic carbocycles. The minimum Gasteiger partial charge on any atom is -0.383 e. The molecule has 0 spiro atoms. The first kappa shape index (κ1) is 15.7. The van der Waals surface area contributed by atoms with E-state index >= 15 is 0 Å². The molecule has 0 aromatic carbocycles. The van der Waals surface area contributed by atoms with Gasteiger partial charge in [-0.3, -0.25) is 4.90 Å². The zero-order valence-electron chi connectivity index (χ0n) is 12.5. The summed E-state index contributed by atoms with van der Waals surface area (Å²) in [4.78, 5) is 9.31. The molecular formula is C14H26N4OS. The van der Waals surface area contributed by atoms with E-state index in [1.165, 1.54) is 6.42 Å². The Morgan fingerprint density at radius 3 is 2.80 bits per heavy atom. The third-order valence-corrected chi connectivity index (χ3v) is 4.52. The quantitative estimate of drug-likeness (QED) is 0.732. The molecule has 1 aliphatic rings. The number of methoxy groups -OCH3 is 1. The van der Waals surface area contributed by atoms with Crippen molar-refractivity contribution >= 4 is 16.5 Å². The van der Waals surface area contributed by atoms with E-state index in [2.05, 4.69) is 27.0 Å². The highest BCUT2D eigenvalue weighted by molar-refractivity contribution is 7.13. The zero-order chi connectivity index (χ0) is 14.2. The highest BCUT2D eigenvalue weighted by Crippen LogP contribution is 2.19. The van der Waals surface area contributed by atoms with Crippen molar-refractivity contribution in [3.63, 3.8) is 0 Å². The van der Waals surface area contributed by atoms with Gasteiger partial charge in [0.1, 0.15) is 0 Å². The van der Waals surface area contributed by atoms with Crippen molar-refractivity contribution in [2.24, 2.45) is 0 Å². The average Bonchev–Trinajstić information content (AvgIpc) is 3.01. The number of thiazole rings is 1. The molecule has 0 amide bonds.